The van der Waals surface area contributed by atoms with E-state index in [1.54, 1.807) is 0 Å². The molecule has 0 heterocycles. The minimum Gasteiger partial charge on any atom is -0.326 e. The van der Waals surface area contributed by atoms with E-state index in [-0.39, 0.29) is 12.1 Å². The van der Waals surface area contributed by atoms with E-state index in [9.17, 15) is 0 Å². The van der Waals surface area contributed by atoms with E-state index < -0.39 is 0 Å². The predicted octanol–water partition coefficient (Wildman–Crippen LogP) is 3.88. The van der Waals surface area contributed by atoms with Gasteiger partial charge in [-0.2, -0.15) is 0 Å². The Labute approximate surface area is 133 Å². The molecule has 22 heavy (non-hydrogen) atoms. The summed E-state index contributed by atoms with van der Waals surface area (Å²) >= 11 is 0. The number of nitrogens with one attached hydrogen (secondary N) is 1. The summed E-state index contributed by atoms with van der Waals surface area (Å²) in [6, 6.07) is 21.8. The van der Waals surface area contributed by atoms with Gasteiger partial charge in [0.25, 0.3) is 0 Å². The smallest absolute Gasteiger partial charge is 0.0577 e. The molecule has 0 spiro atoms. The van der Waals surface area contributed by atoms with Crippen LogP contribution in [0.5, 0.6) is 0 Å². The molecule has 1 aliphatic carbocycles. The van der Waals surface area contributed by atoms with Crippen LogP contribution < -0.4 is 11.1 Å². The molecule has 1 saturated carbocycles. The standard InChI is InChI=1S/C20H26N2/c21-19(16-9-7-8-10-16)15-22-20(17-11-3-1-4-12-17)18-13-5-2-6-14-18/h1-6,11-14,16,19-20,22H,7-10,15,21H2/t19-/m0/s1. The molecule has 3 N–H and O–H groups in total. The van der Waals surface area contributed by atoms with Crippen LogP contribution in [0, 0.1) is 5.92 Å². The van der Waals surface area contributed by atoms with E-state index in [0.717, 1.165) is 6.54 Å². The summed E-state index contributed by atoms with van der Waals surface area (Å²) in [7, 11) is 0. The highest BCUT2D eigenvalue weighted by molar-refractivity contribution is 5.31. The van der Waals surface area contributed by atoms with E-state index in [1.807, 2.05) is 0 Å². The van der Waals surface area contributed by atoms with E-state index in [0.29, 0.717) is 5.92 Å². The SMILES string of the molecule is N[C@@H](CNC(c1ccccc1)c1ccccc1)C1CCCC1. The minimum absolute atomic E-state index is 0.217. The highest BCUT2D eigenvalue weighted by Gasteiger charge is 2.23. The van der Waals surface area contributed by atoms with Crippen LogP contribution in [0.1, 0.15) is 42.9 Å². The third-order valence-electron chi connectivity index (χ3n) is 4.83. The molecule has 0 aliphatic heterocycles. The van der Waals surface area contributed by atoms with Gasteiger partial charge in [0.2, 0.25) is 0 Å². The molecule has 2 nitrogen and oxygen atoms in total. The molecule has 1 aliphatic rings. The van der Waals surface area contributed by atoms with Crippen LogP contribution >= 0.6 is 0 Å². The monoisotopic (exact) mass is 294 g/mol. The lowest BCUT2D eigenvalue weighted by Crippen LogP contribution is -2.40. The Bertz CT molecular complexity index is 507. The molecule has 2 aromatic rings. The van der Waals surface area contributed by atoms with Gasteiger partial charge in [0, 0.05) is 12.6 Å². The van der Waals surface area contributed by atoms with E-state index in [4.69, 9.17) is 5.73 Å². The van der Waals surface area contributed by atoms with Crippen molar-refractivity contribution in [2.75, 3.05) is 6.54 Å². The zero-order valence-corrected chi connectivity index (χ0v) is 13.1. The molecule has 1 fully saturated rings. The summed E-state index contributed by atoms with van der Waals surface area (Å²) in [6.45, 7) is 0.874. The summed E-state index contributed by atoms with van der Waals surface area (Å²) in [5, 5.41) is 3.70. The Morgan fingerprint density at radius 1 is 0.864 bits per heavy atom. The molecule has 0 saturated heterocycles. The minimum atomic E-state index is 0.217. The summed E-state index contributed by atoms with van der Waals surface area (Å²) in [5.41, 5.74) is 9.02. The molecule has 0 radical (unpaired) electrons. The summed E-state index contributed by atoms with van der Waals surface area (Å²) in [5.74, 6) is 0.694. The second-order valence-corrected chi connectivity index (χ2v) is 6.37. The van der Waals surface area contributed by atoms with Crippen molar-refractivity contribution in [2.45, 2.75) is 37.8 Å². The molecule has 0 amide bonds. The third kappa shape index (κ3) is 3.76. The lowest BCUT2D eigenvalue weighted by Gasteiger charge is -2.25. The van der Waals surface area contributed by atoms with Crippen LogP contribution in [-0.2, 0) is 0 Å². The molecular formula is C20H26N2. The van der Waals surface area contributed by atoms with E-state index in [2.05, 4.69) is 66.0 Å². The maximum atomic E-state index is 6.42. The van der Waals surface area contributed by atoms with Crippen molar-refractivity contribution < 1.29 is 0 Å². The largest absolute Gasteiger partial charge is 0.326 e. The number of rotatable bonds is 6. The van der Waals surface area contributed by atoms with Gasteiger partial charge in [-0.25, -0.2) is 0 Å². The van der Waals surface area contributed by atoms with Crippen molar-refractivity contribution in [1.82, 2.24) is 5.32 Å². The maximum Gasteiger partial charge on any atom is 0.0577 e. The van der Waals surface area contributed by atoms with Gasteiger partial charge < -0.3 is 11.1 Å². The predicted molar refractivity (Wildman–Crippen MR) is 92.7 cm³/mol. The Morgan fingerprint density at radius 3 is 1.86 bits per heavy atom. The van der Waals surface area contributed by atoms with Crippen LogP contribution in [0.3, 0.4) is 0 Å². The van der Waals surface area contributed by atoms with Crippen molar-refractivity contribution in [3.8, 4) is 0 Å². The molecule has 3 rings (SSSR count). The summed E-state index contributed by atoms with van der Waals surface area (Å²) in [6.07, 6.45) is 5.28. The van der Waals surface area contributed by atoms with Crippen molar-refractivity contribution >= 4 is 0 Å². The first-order valence-corrected chi connectivity index (χ1v) is 8.43. The quantitative estimate of drug-likeness (QED) is 0.848. The highest BCUT2D eigenvalue weighted by Crippen LogP contribution is 2.27. The van der Waals surface area contributed by atoms with Crippen molar-refractivity contribution in [2.24, 2.45) is 11.7 Å². The van der Waals surface area contributed by atoms with Crippen LogP contribution in [0.4, 0.5) is 0 Å². The normalized spacial score (nSPS) is 17.0. The van der Waals surface area contributed by atoms with E-state index in [1.165, 1.54) is 36.8 Å². The van der Waals surface area contributed by atoms with E-state index >= 15 is 0 Å². The van der Waals surface area contributed by atoms with Gasteiger partial charge in [-0.05, 0) is 29.9 Å². The topological polar surface area (TPSA) is 38.0 Å². The molecule has 0 unspecified atom stereocenters. The van der Waals surface area contributed by atoms with Crippen molar-refractivity contribution in [1.29, 1.82) is 0 Å². The number of nitrogens with two attached hydrogens (primary N) is 1. The van der Waals surface area contributed by atoms with Gasteiger partial charge in [0.15, 0.2) is 0 Å². The Kier molecular flexibility index (Phi) is 5.25. The van der Waals surface area contributed by atoms with Crippen LogP contribution in [0.2, 0.25) is 0 Å². The Morgan fingerprint density at radius 2 is 1.36 bits per heavy atom. The molecule has 2 heteroatoms. The first kappa shape index (κ1) is 15.3. The second-order valence-electron chi connectivity index (χ2n) is 6.37. The van der Waals surface area contributed by atoms with Crippen molar-refractivity contribution in [3.05, 3.63) is 71.8 Å². The second kappa shape index (κ2) is 7.57. The third-order valence-corrected chi connectivity index (χ3v) is 4.83. The molecule has 0 aromatic heterocycles. The fraction of sp³-hybridized carbons (Fsp3) is 0.400. The number of hydrogen-bond donors (Lipinski definition) is 2. The zero-order chi connectivity index (χ0) is 15.2. The molecule has 1 atom stereocenters. The number of hydrogen-bond acceptors (Lipinski definition) is 2. The highest BCUT2D eigenvalue weighted by atomic mass is 14.9. The van der Waals surface area contributed by atoms with Crippen molar-refractivity contribution in [3.63, 3.8) is 0 Å². The summed E-state index contributed by atoms with van der Waals surface area (Å²) < 4.78 is 0. The molecular weight excluding hydrogens is 268 g/mol. The lowest BCUT2D eigenvalue weighted by molar-refractivity contribution is 0.399. The average molecular weight is 294 g/mol. The van der Waals surface area contributed by atoms with Crippen LogP contribution in [0.15, 0.2) is 60.7 Å². The fourth-order valence-electron chi connectivity index (χ4n) is 3.53. The van der Waals surface area contributed by atoms with Gasteiger partial charge in [-0.15, -0.1) is 0 Å². The fourth-order valence-corrected chi connectivity index (χ4v) is 3.53. The van der Waals surface area contributed by atoms with Crippen LogP contribution in [-0.4, -0.2) is 12.6 Å². The Hall–Kier alpha value is -1.64. The van der Waals surface area contributed by atoms with Gasteiger partial charge in [0.1, 0.15) is 0 Å². The molecule has 2 aromatic carbocycles. The zero-order valence-electron chi connectivity index (χ0n) is 13.1. The first-order chi connectivity index (χ1) is 10.8. The maximum absolute atomic E-state index is 6.42. The van der Waals surface area contributed by atoms with Gasteiger partial charge in [-0.1, -0.05) is 73.5 Å². The number of benzene rings is 2. The van der Waals surface area contributed by atoms with Gasteiger partial charge in [0.05, 0.1) is 6.04 Å². The lowest BCUT2D eigenvalue weighted by atomic mass is 9.96. The van der Waals surface area contributed by atoms with Gasteiger partial charge >= 0.3 is 0 Å². The first-order valence-electron chi connectivity index (χ1n) is 8.43. The molecule has 116 valence electrons. The summed E-state index contributed by atoms with van der Waals surface area (Å²) in [4.78, 5) is 0. The average Bonchev–Trinajstić information content (AvgIpc) is 3.11. The Balaban J connectivity index is 1.72. The van der Waals surface area contributed by atoms with Crippen LogP contribution in [0.25, 0.3) is 0 Å². The molecule has 0 bridgehead atoms. The van der Waals surface area contributed by atoms with Gasteiger partial charge in [-0.3, -0.25) is 0 Å².